The molecule has 0 aliphatic carbocycles. The number of fused-ring (bicyclic) bond motifs is 1. The van der Waals surface area contributed by atoms with E-state index in [2.05, 4.69) is 19.2 Å². The van der Waals surface area contributed by atoms with Crippen molar-refractivity contribution < 1.29 is 8.42 Å². The van der Waals surface area contributed by atoms with Gasteiger partial charge in [0.1, 0.15) is 0 Å². The van der Waals surface area contributed by atoms with Crippen LogP contribution < -0.4 is 5.32 Å². The van der Waals surface area contributed by atoms with Gasteiger partial charge in [0, 0.05) is 6.04 Å². The lowest BCUT2D eigenvalue weighted by Gasteiger charge is -2.12. The normalized spacial score (nSPS) is 19.9. The molecule has 118 valence electrons. The van der Waals surface area contributed by atoms with E-state index in [1.165, 1.54) is 25.7 Å². The van der Waals surface area contributed by atoms with Gasteiger partial charge in [-0.25, -0.2) is 8.42 Å². The minimum atomic E-state index is -3.08. The van der Waals surface area contributed by atoms with E-state index in [9.17, 15) is 8.42 Å². The lowest BCUT2D eigenvalue weighted by atomic mass is 10.0. The maximum Gasteiger partial charge on any atom is 0.180 e. The van der Waals surface area contributed by atoms with Gasteiger partial charge in [-0.3, -0.25) is 0 Å². The van der Waals surface area contributed by atoms with Crippen LogP contribution in [0.2, 0.25) is 0 Å². The molecule has 1 heterocycles. The zero-order valence-electron chi connectivity index (χ0n) is 13.1. The number of sulfone groups is 1. The number of benzene rings is 1. The maximum atomic E-state index is 12.1. The lowest BCUT2D eigenvalue weighted by Crippen LogP contribution is -2.23. The third kappa shape index (κ3) is 4.55. The number of hydrogen-bond donors (Lipinski definition) is 1. The summed E-state index contributed by atoms with van der Waals surface area (Å²) >= 11 is 0. The first-order valence-electron chi connectivity index (χ1n) is 8.06. The summed E-state index contributed by atoms with van der Waals surface area (Å²) in [7, 11) is -3.08. The minimum Gasteiger partial charge on any atom is -0.309 e. The highest BCUT2D eigenvalue weighted by Crippen LogP contribution is 2.32. The van der Waals surface area contributed by atoms with E-state index in [1.807, 2.05) is 12.1 Å². The molecule has 2 rings (SSSR count). The summed E-state index contributed by atoms with van der Waals surface area (Å²) in [5.74, 6) is 1.00. The van der Waals surface area contributed by atoms with Crippen molar-refractivity contribution >= 4 is 9.84 Å². The Labute approximate surface area is 129 Å². The van der Waals surface area contributed by atoms with Crippen LogP contribution in [-0.2, 0) is 9.84 Å². The quantitative estimate of drug-likeness (QED) is 0.745. The van der Waals surface area contributed by atoms with Crippen LogP contribution in [-0.4, -0.2) is 20.7 Å². The maximum absolute atomic E-state index is 12.1. The summed E-state index contributed by atoms with van der Waals surface area (Å²) in [5, 5.41) is 3.41. The van der Waals surface area contributed by atoms with Gasteiger partial charge in [-0.2, -0.15) is 0 Å². The molecule has 0 amide bonds. The molecule has 1 N–H and O–H groups in total. The highest BCUT2D eigenvalue weighted by Gasteiger charge is 2.33. The molecular weight excluding hydrogens is 282 g/mol. The zero-order chi connectivity index (χ0) is 15.3. The first-order chi connectivity index (χ1) is 10.0. The van der Waals surface area contributed by atoms with E-state index < -0.39 is 9.84 Å². The summed E-state index contributed by atoms with van der Waals surface area (Å²) < 4.78 is 24.1. The summed E-state index contributed by atoms with van der Waals surface area (Å²) in [4.78, 5) is 0.513. The van der Waals surface area contributed by atoms with E-state index in [0.717, 1.165) is 24.4 Å². The van der Waals surface area contributed by atoms with Gasteiger partial charge in [0.2, 0.25) is 0 Å². The van der Waals surface area contributed by atoms with Crippen LogP contribution in [0.3, 0.4) is 0 Å². The number of unbranched alkanes of at least 4 members (excludes halogenated alkanes) is 3. The van der Waals surface area contributed by atoms with Crippen molar-refractivity contribution in [3.05, 3.63) is 29.8 Å². The number of hydrogen-bond acceptors (Lipinski definition) is 3. The third-order valence-electron chi connectivity index (χ3n) is 4.11. The first kappa shape index (κ1) is 16.5. The molecule has 1 aliphatic heterocycles. The van der Waals surface area contributed by atoms with E-state index in [-0.39, 0.29) is 11.8 Å². The van der Waals surface area contributed by atoms with Gasteiger partial charge in [0.25, 0.3) is 0 Å². The van der Waals surface area contributed by atoms with Gasteiger partial charge in [-0.15, -0.1) is 0 Å². The van der Waals surface area contributed by atoms with Crippen LogP contribution in [0.5, 0.6) is 0 Å². The fraction of sp³-hybridized carbons (Fsp3) is 0.647. The van der Waals surface area contributed by atoms with Gasteiger partial charge in [-0.1, -0.05) is 57.7 Å². The topological polar surface area (TPSA) is 46.2 Å². The second kappa shape index (κ2) is 7.41. The summed E-state index contributed by atoms with van der Waals surface area (Å²) in [6.07, 6.45) is 6.23. The van der Waals surface area contributed by atoms with Crippen molar-refractivity contribution in [2.45, 2.75) is 56.9 Å². The molecular formula is C17H27NO2S. The molecule has 0 radical (unpaired) electrons. The molecule has 1 aromatic rings. The molecule has 1 atom stereocenters. The van der Waals surface area contributed by atoms with Crippen LogP contribution in [0.1, 0.15) is 57.6 Å². The fourth-order valence-electron chi connectivity index (χ4n) is 2.93. The Morgan fingerprint density at radius 2 is 1.86 bits per heavy atom. The van der Waals surface area contributed by atoms with E-state index in [1.54, 1.807) is 12.1 Å². The van der Waals surface area contributed by atoms with Gasteiger partial charge in [0.05, 0.1) is 10.6 Å². The highest BCUT2D eigenvalue weighted by molar-refractivity contribution is 7.91. The average Bonchev–Trinajstić information content (AvgIpc) is 2.70. The smallest absolute Gasteiger partial charge is 0.180 e. The molecule has 1 aliphatic rings. The van der Waals surface area contributed by atoms with Crippen molar-refractivity contribution in [1.82, 2.24) is 5.32 Å². The van der Waals surface area contributed by atoms with Crippen LogP contribution in [0.15, 0.2) is 29.2 Å². The second-order valence-corrected chi connectivity index (χ2v) is 8.43. The molecule has 0 spiro atoms. The molecule has 0 aromatic heterocycles. The molecule has 0 saturated heterocycles. The summed E-state index contributed by atoms with van der Waals surface area (Å²) in [5.41, 5.74) is 0.942. The first-order valence-corrected chi connectivity index (χ1v) is 9.71. The highest BCUT2D eigenvalue weighted by atomic mass is 32.2. The van der Waals surface area contributed by atoms with Crippen LogP contribution in [0, 0.1) is 5.92 Å². The number of rotatable bonds is 8. The van der Waals surface area contributed by atoms with Crippen molar-refractivity contribution in [3.63, 3.8) is 0 Å². The Hall–Kier alpha value is -0.870. The molecule has 1 unspecified atom stereocenters. The van der Waals surface area contributed by atoms with E-state index >= 15 is 0 Å². The second-order valence-electron chi connectivity index (χ2n) is 6.42. The van der Waals surface area contributed by atoms with Crippen molar-refractivity contribution in [3.8, 4) is 0 Å². The minimum absolute atomic E-state index is 0.0261. The number of nitrogens with one attached hydrogen (secondary N) is 1. The molecule has 21 heavy (non-hydrogen) atoms. The molecule has 0 fully saturated rings. The van der Waals surface area contributed by atoms with Crippen molar-refractivity contribution in [2.75, 3.05) is 12.3 Å². The van der Waals surface area contributed by atoms with Crippen molar-refractivity contribution in [2.24, 2.45) is 5.92 Å². The standard InChI is InChI=1S/C17H27NO2S/c1-14(2)9-5-3-4-8-12-18-16-13-21(19,20)17-11-7-6-10-15(16)17/h6-7,10-11,14,16,18H,3-5,8-9,12-13H2,1-2H3. The predicted octanol–water partition coefficient (Wildman–Crippen LogP) is 3.71. The van der Waals surface area contributed by atoms with Crippen LogP contribution in [0.25, 0.3) is 0 Å². The van der Waals surface area contributed by atoms with E-state index in [4.69, 9.17) is 0 Å². The molecule has 0 saturated carbocycles. The fourth-order valence-corrected chi connectivity index (χ4v) is 4.70. The molecule has 3 nitrogen and oxygen atoms in total. The van der Waals surface area contributed by atoms with Crippen LogP contribution in [0.4, 0.5) is 0 Å². The lowest BCUT2D eigenvalue weighted by molar-refractivity contribution is 0.499. The predicted molar refractivity (Wildman–Crippen MR) is 87.2 cm³/mol. The SMILES string of the molecule is CC(C)CCCCCCNC1CS(=O)(=O)c2ccccc21. The zero-order valence-corrected chi connectivity index (χ0v) is 14.0. The van der Waals surface area contributed by atoms with Crippen molar-refractivity contribution in [1.29, 1.82) is 0 Å². The Morgan fingerprint density at radius 1 is 1.14 bits per heavy atom. The Kier molecular flexibility index (Phi) is 5.82. The Balaban J connectivity index is 1.73. The molecule has 0 bridgehead atoms. The Morgan fingerprint density at radius 3 is 2.62 bits per heavy atom. The van der Waals surface area contributed by atoms with Crippen LogP contribution >= 0.6 is 0 Å². The third-order valence-corrected chi connectivity index (χ3v) is 5.93. The van der Waals surface area contributed by atoms with Gasteiger partial charge in [0.15, 0.2) is 9.84 Å². The van der Waals surface area contributed by atoms with Gasteiger partial charge >= 0.3 is 0 Å². The Bertz CT molecular complexity index is 552. The summed E-state index contributed by atoms with van der Waals surface area (Å²) in [6, 6.07) is 7.34. The van der Waals surface area contributed by atoms with E-state index in [0.29, 0.717) is 4.90 Å². The van der Waals surface area contributed by atoms with Gasteiger partial charge < -0.3 is 5.32 Å². The average molecular weight is 309 g/mol. The monoisotopic (exact) mass is 309 g/mol. The largest absolute Gasteiger partial charge is 0.309 e. The molecule has 1 aromatic carbocycles. The summed E-state index contributed by atoms with van der Waals surface area (Å²) in [6.45, 7) is 5.43. The van der Waals surface area contributed by atoms with Gasteiger partial charge in [-0.05, 0) is 30.5 Å². The molecule has 4 heteroatoms.